The second-order valence-electron chi connectivity index (χ2n) is 7.54. The average Bonchev–Trinajstić information content (AvgIpc) is 3.27. The molecule has 2 aliphatic carbocycles. The van der Waals surface area contributed by atoms with Gasteiger partial charge in [-0.25, -0.2) is 9.59 Å². The number of carboxylic acid groups (broad SMARTS) is 1. The van der Waals surface area contributed by atoms with Crippen LogP contribution in [-0.2, 0) is 24.4 Å². The van der Waals surface area contributed by atoms with E-state index in [1.54, 1.807) is 0 Å². The predicted molar refractivity (Wildman–Crippen MR) is 145 cm³/mol. The molecule has 14 heteroatoms. The Kier molecular flexibility index (Phi) is 8.97. The summed E-state index contributed by atoms with van der Waals surface area (Å²) in [6.07, 6.45) is 1.13. The Morgan fingerprint density at radius 2 is 1.50 bits per heavy atom. The van der Waals surface area contributed by atoms with Crippen molar-refractivity contribution in [1.82, 2.24) is 0 Å². The van der Waals surface area contributed by atoms with Gasteiger partial charge in [-0.15, -0.1) is 0 Å². The number of rotatable bonds is 7. The fraction of sp³-hybridized carbons (Fsp3) is 0.500. The number of carbonyl (C=O) groups is 3. The zero-order valence-electron chi connectivity index (χ0n) is 16.0. The number of halogens is 4. The van der Waals surface area contributed by atoms with Gasteiger partial charge >= 0.3 is 17.9 Å². The molecule has 2 N–H and O–H groups in total. The minimum Gasteiger partial charge on any atom is -0.478 e. The Balaban J connectivity index is 1.69. The van der Waals surface area contributed by atoms with Gasteiger partial charge in [0.1, 0.15) is 18.5 Å². The summed E-state index contributed by atoms with van der Waals surface area (Å²) in [5.74, 6) is -3.60. The van der Waals surface area contributed by atoms with E-state index in [1.165, 1.54) is 0 Å². The molecule has 1 aromatic rings. The van der Waals surface area contributed by atoms with Gasteiger partial charge in [0.2, 0.25) is 0 Å². The number of esters is 2. The second kappa shape index (κ2) is 10.6. The van der Waals surface area contributed by atoms with Crippen molar-refractivity contribution in [2.45, 2.75) is 25.4 Å². The molecule has 0 heterocycles. The molecule has 9 nitrogen and oxygen atoms in total. The lowest BCUT2D eigenvalue weighted by Gasteiger charge is -2.27. The first-order valence-electron chi connectivity index (χ1n) is 9.23. The monoisotopic (exact) mass is 916 g/mol. The molecule has 2 fully saturated rings. The van der Waals surface area contributed by atoms with Crippen molar-refractivity contribution >= 4 is 118 Å². The number of carboxylic acids is 1. The van der Waals surface area contributed by atoms with Crippen molar-refractivity contribution in [2.24, 2.45) is 17.8 Å². The number of fused-ring (bicyclic) bond motifs is 2. The van der Waals surface area contributed by atoms with E-state index >= 15 is 0 Å². The van der Waals surface area contributed by atoms with Gasteiger partial charge in [-0.2, -0.15) is 8.42 Å². The highest BCUT2D eigenvalue weighted by Gasteiger charge is 2.51. The molecule has 4 unspecified atom stereocenters. The molecule has 2 saturated carbocycles. The molecule has 2 bridgehead atoms. The fourth-order valence-electron chi connectivity index (χ4n) is 4.23. The van der Waals surface area contributed by atoms with E-state index in [4.69, 9.17) is 14.0 Å². The summed E-state index contributed by atoms with van der Waals surface area (Å²) in [5.41, 5.74) is -0.0375. The van der Waals surface area contributed by atoms with Crippen LogP contribution in [0.25, 0.3) is 0 Å². The summed E-state index contributed by atoms with van der Waals surface area (Å²) in [6.45, 7) is -0.412. The molecular formula is C18H16I4O9S. The molecule has 2 aliphatic rings. The Hall–Kier alpha value is 0.460. The molecule has 0 aliphatic heterocycles. The number of carbonyl (C=O) groups excluding carboxylic acids is 2. The molecule has 0 spiro atoms. The largest absolute Gasteiger partial charge is 0.478 e. The maximum Gasteiger partial charge on any atom is 0.340 e. The van der Waals surface area contributed by atoms with Crippen molar-refractivity contribution in [1.29, 1.82) is 0 Å². The lowest BCUT2D eigenvalue weighted by molar-refractivity contribution is -0.150. The lowest BCUT2D eigenvalue weighted by Crippen LogP contribution is -2.32. The van der Waals surface area contributed by atoms with Crippen LogP contribution in [-0.4, -0.2) is 54.4 Å². The number of benzene rings is 1. The molecular weight excluding hydrogens is 900 g/mol. The van der Waals surface area contributed by atoms with Crippen LogP contribution in [0.5, 0.6) is 0 Å². The highest BCUT2D eigenvalue weighted by Crippen LogP contribution is 2.50. The fourth-order valence-corrected chi connectivity index (χ4v) is 8.17. The summed E-state index contributed by atoms with van der Waals surface area (Å²) < 4.78 is 43.5. The summed E-state index contributed by atoms with van der Waals surface area (Å²) in [6, 6.07) is 0. The highest BCUT2D eigenvalue weighted by molar-refractivity contribution is 14.1. The Bertz CT molecular complexity index is 1090. The van der Waals surface area contributed by atoms with Gasteiger partial charge < -0.3 is 14.6 Å². The van der Waals surface area contributed by atoms with E-state index in [-0.39, 0.29) is 23.0 Å². The molecule has 0 saturated heterocycles. The topological polar surface area (TPSA) is 144 Å². The van der Waals surface area contributed by atoms with E-state index in [1.807, 2.05) is 45.2 Å². The maximum absolute atomic E-state index is 13.0. The van der Waals surface area contributed by atoms with Crippen LogP contribution in [0.2, 0.25) is 0 Å². The first-order valence-corrected chi connectivity index (χ1v) is 15.2. The SMILES string of the molecule is O=C(O)c1c(I)c(I)c(I)c(I)c1C(=O)OC1CC2CC1CC2C(=O)OCCS(=O)(=O)O. The van der Waals surface area contributed by atoms with Gasteiger partial charge in [0.25, 0.3) is 10.1 Å². The van der Waals surface area contributed by atoms with Gasteiger partial charge in [-0.1, -0.05) is 0 Å². The van der Waals surface area contributed by atoms with Crippen LogP contribution in [0.1, 0.15) is 40.0 Å². The van der Waals surface area contributed by atoms with Crippen LogP contribution in [0.15, 0.2) is 0 Å². The van der Waals surface area contributed by atoms with Crippen LogP contribution in [0.3, 0.4) is 0 Å². The minimum atomic E-state index is -4.20. The second-order valence-corrected chi connectivity index (χ2v) is 13.4. The quantitative estimate of drug-likeness (QED) is 0.137. The van der Waals surface area contributed by atoms with Gasteiger partial charge in [0.15, 0.2) is 0 Å². The Morgan fingerprint density at radius 1 is 0.906 bits per heavy atom. The zero-order valence-corrected chi connectivity index (χ0v) is 25.5. The third kappa shape index (κ3) is 5.81. The van der Waals surface area contributed by atoms with Crippen LogP contribution >= 0.6 is 90.4 Å². The normalized spacial score (nSPS) is 24.4. The zero-order chi connectivity index (χ0) is 24.0. The molecule has 1 aromatic carbocycles. The summed E-state index contributed by atoms with van der Waals surface area (Å²) in [7, 11) is -4.20. The van der Waals surface area contributed by atoms with Gasteiger partial charge in [-0.3, -0.25) is 9.35 Å². The van der Waals surface area contributed by atoms with E-state index in [9.17, 15) is 27.9 Å². The van der Waals surface area contributed by atoms with Gasteiger partial charge in [0, 0.05) is 14.3 Å². The molecule has 176 valence electrons. The Morgan fingerprint density at radius 3 is 2.00 bits per heavy atom. The first-order chi connectivity index (χ1) is 14.8. The molecule has 0 aromatic heterocycles. The molecule has 32 heavy (non-hydrogen) atoms. The molecule has 0 radical (unpaired) electrons. The summed E-state index contributed by atoms with van der Waals surface area (Å²) in [5, 5.41) is 9.69. The van der Waals surface area contributed by atoms with Gasteiger partial charge in [-0.05, 0) is 121 Å². The van der Waals surface area contributed by atoms with Crippen molar-refractivity contribution in [3.05, 3.63) is 25.4 Å². The third-order valence-electron chi connectivity index (χ3n) is 5.62. The molecule has 0 amide bonds. The van der Waals surface area contributed by atoms with E-state index < -0.39 is 52.4 Å². The van der Waals surface area contributed by atoms with Crippen LogP contribution in [0, 0.1) is 32.0 Å². The number of hydrogen-bond donors (Lipinski definition) is 2. The Labute approximate surface area is 238 Å². The van der Waals surface area contributed by atoms with Crippen LogP contribution in [0.4, 0.5) is 0 Å². The summed E-state index contributed by atoms with van der Waals surface area (Å²) in [4.78, 5) is 37.2. The van der Waals surface area contributed by atoms with E-state index in [0.29, 0.717) is 26.4 Å². The van der Waals surface area contributed by atoms with Crippen molar-refractivity contribution < 1.29 is 41.9 Å². The van der Waals surface area contributed by atoms with E-state index in [2.05, 4.69) is 45.2 Å². The lowest BCUT2D eigenvalue weighted by atomic mass is 9.87. The summed E-state index contributed by atoms with van der Waals surface area (Å²) >= 11 is 8.01. The molecule has 4 atom stereocenters. The highest BCUT2D eigenvalue weighted by atomic mass is 127. The van der Waals surface area contributed by atoms with Crippen LogP contribution < -0.4 is 0 Å². The predicted octanol–water partition coefficient (Wildman–Crippen LogP) is 3.81. The molecule has 3 rings (SSSR count). The van der Waals surface area contributed by atoms with Gasteiger partial charge in [0.05, 0.1) is 17.0 Å². The van der Waals surface area contributed by atoms with Crippen molar-refractivity contribution in [3.8, 4) is 0 Å². The average molecular weight is 916 g/mol. The van der Waals surface area contributed by atoms with E-state index in [0.717, 1.165) is 7.14 Å². The number of aromatic carboxylic acids is 1. The number of ether oxygens (including phenoxy) is 2. The number of hydrogen-bond acceptors (Lipinski definition) is 7. The van der Waals surface area contributed by atoms with Crippen molar-refractivity contribution in [2.75, 3.05) is 12.4 Å². The first kappa shape index (κ1) is 27.1. The van der Waals surface area contributed by atoms with Crippen molar-refractivity contribution in [3.63, 3.8) is 0 Å². The minimum absolute atomic E-state index is 0.0382. The smallest absolute Gasteiger partial charge is 0.340 e. The maximum atomic E-state index is 13.0. The third-order valence-corrected chi connectivity index (χ3v) is 13.7. The standard InChI is InChI=1S/C18H16I4O9S/c19-12-10(16(23)24)11(13(20)15(22)14(12)21)18(26)31-9-5-6-3-7(9)4-8(6)17(25)30-1-2-32(27,28)29/h6-9H,1-5H2,(H,23,24)(H,27,28,29).